The van der Waals surface area contributed by atoms with Gasteiger partial charge in [0.25, 0.3) is 0 Å². The van der Waals surface area contributed by atoms with E-state index in [2.05, 4.69) is 219 Å². The highest BCUT2D eigenvalue weighted by Crippen LogP contribution is 2.44. The van der Waals surface area contributed by atoms with Gasteiger partial charge in [-0.15, -0.1) is 0 Å². The molecule has 0 spiro atoms. The Balaban J connectivity index is 0.000000239. The number of halogens is 1. The maximum Gasteiger partial charge on any atom is 0.495 e. The Hall–Kier alpha value is -5.04. The molecule has 0 atom stereocenters. The van der Waals surface area contributed by atoms with Crippen LogP contribution in [0.1, 0.15) is 194 Å². The van der Waals surface area contributed by atoms with E-state index in [1.54, 1.807) is 6.07 Å². The average molecular weight is 1160 g/mol. The first kappa shape index (κ1) is 65.5. The summed E-state index contributed by atoms with van der Waals surface area (Å²) in [6.45, 7) is 39.8. The fourth-order valence-electron chi connectivity index (χ4n) is 13.2. The Morgan fingerprint density at radius 1 is 0.566 bits per heavy atom. The second kappa shape index (κ2) is 25.9. The summed E-state index contributed by atoms with van der Waals surface area (Å²) in [5, 5.41) is 0. The van der Waals surface area contributed by atoms with Gasteiger partial charge in [0, 0.05) is 22.0 Å². The van der Waals surface area contributed by atoms with Crippen LogP contribution >= 0.6 is 0 Å². The minimum Gasteiger partial charge on any atom is -0.469 e. The molecule has 0 amide bonds. The van der Waals surface area contributed by atoms with Crippen molar-refractivity contribution >= 4 is 35.2 Å². The minimum absolute atomic E-state index is 0.0659. The molecular formula is C73H98BFO6Si2. The van der Waals surface area contributed by atoms with Gasteiger partial charge in [0.1, 0.15) is 17.0 Å². The molecule has 5 aromatic carbocycles. The Morgan fingerprint density at radius 3 is 1.33 bits per heavy atom. The van der Waals surface area contributed by atoms with E-state index in [9.17, 15) is 9.18 Å². The molecule has 1 heterocycles. The van der Waals surface area contributed by atoms with Crippen molar-refractivity contribution < 1.29 is 32.1 Å². The standard InChI is InChI=1S/C38H47FO3Si.C35H51BO3Si/c1-9-38(10-2,32-16-15-29(27(3)23-32)19-22-37(20-11-12-21-37)42-43(6,7)8)33-17-18-34(28(4)24-33)30-13-14-31(35(39)25-30)26-36(40)41-5;1-12-35(13-2,30-18-19-31(27(4)25-30)36-37-32(5,6)33(7,8)38-36)29-17-16-28(26(3)24-29)20-23-34(21-14-15-22-34)39-40(9,10)11/h13-18,23-25H,9-12,20-21,26H2,1-8H3;16-19,24-25H,12-15,21-22H2,1-11H3. The number of rotatable bonds is 16. The third kappa shape index (κ3) is 14.8. The van der Waals surface area contributed by atoms with E-state index in [4.69, 9.17) is 22.9 Å². The lowest BCUT2D eigenvalue weighted by atomic mass is 9.68. The zero-order chi connectivity index (χ0) is 61.0. The molecule has 83 heavy (non-hydrogen) atoms. The normalized spacial score (nSPS) is 17.2. The van der Waals surface area contributed by atoms with Crippen LogP contribution in [-0.4, -0.2) is 59.2 Å². The molecule has 0 bridgehead atoms. The number of hydrogen-bond donors (Lipinski definition) is 0. The predicted molar refractivity (Wildman–Crippen MR) is 349 cm³/mol. The third-order valence-corrected chi connectivity index (χ3v) is 20.7. The number of methoxy groups -OCH3 is 1. The van der Waals surface area contributed by atoms with Gasteiger partial charge in [-0.25, -0.2) is 4.39 Å². The second-order valence-electron chi connectivity index (χ2n) is 27.2. The summed E-state index contributed by atoms with van der Waals surface area (Å²) >= 11 is 0. The summed E-state index contributed by atoms with van der Waals surface area (Å²) in [5.41, 5.74) is 13.9. The van der Waals surface area contributed by atoms with Gasteiger partial charge in [0.2, 0.25) is 0 Å². The van der Waals surface area contributed by atoms with Crippen LogP contribution in [0.2, 0.25) is 39.3 Å². The second-order valence-corrected chi connectivity index (χ2v) is 36.1. The van der Waals surface area contributed by atoms with Crippen LogP contribution in [0.5, 0.6) is 0 Å². The van der Waals surface area contributed by atoms with Gasteiger partial charge >= 0.3 is 13.1 Å². The van der Waals surface area contributed by atoms with Crippen LogP contribution < -0.4 is 5.46 Å². The predicted octanol–water partition coefficient (Wildman–Crippen LogP) is 17.7. The molecule has 10 heteroatoms. The zero-order valence-corrected chi connectivity index (χ0v) is 56.3. The van der Waals surface area contributed by atoms with Crippen LogP contribution in [-0.2, 0) is 44.9 Å². The SMILES string of the molecule is CCC(CC)(c1ccc(C#CC2(O[Si](C)(C)C)CCCC2)c(C)c1)c1ccc(-c2ccc(CC(=O)OC)c(F)c2)c(C)c1.CCC(CC)(c1ccc(C#CC2(O[Si](C)(C)C)CCCC2)c(C)c1)c1ccc(B2OC(C)(C)C(C)(C)O2)c(C)c1. The van der Waals surface area contributed by atoms with Gasteiger partial charge in [-0.1, -0.05) is 130 Å². The van der Waals surface area contributed by atoms with E-state index < -0.39 is 28.4 Å². The van der Waals surface area contributed by atoms with E-state index >= 15 is 0 Å². The number of esters is 1. The largest absolute Gasteiger partial charge is 0.495 e. The molecule has 3 aliphatic rings. The number of carbonyl (C=O) groups is 1. The molecule has 0 aromatic heterocycles. The highest BCUT2D eigenvalue weighted by molar-refractivity contribution is 6.70. The van der Waals surface area contributed by atoms with Gasteiger partial charge < -0.3 is 22.9 Å². The molecule has 0 unspecified atom stereocenters. The molecule has 2 aliphatic carbocycles. The summed E-state index contributed by atoms with van der Waals surface area (Å²) in [5.74, 6) is 13.4. The third-order valence-electron chi connectivity index (χ3n) is 18.7. The van der Waals surface area contributed by atoms with E-state index in [-0.39, 0.29) is 46.8 Å². The van der Waals surface area contributed by atoms with Crippen molar-refractivity contribution in [1.29, 1.82) is 0 Å². The number of benzene rings is 5. The highest BCUT2D eigenvalue weighted by Gasteiger charge is 2.52. The maximum absolute atomic E-state index is 14.8. The Kier molecular flexibility index (Phi) is 20.4. The van der Waals surface area contributed by atoms with E-state index in [0.29, 0.717) is 5.56 Å². The monoisotopic (exact) mass is 1160 g/mol. The molecule has 0 N–H and O–H groups in total. The lowest BCUT2D eigenvalue weighted by Crippen LogP contribution is -2.41. The lowest BCUT2D eigenvalue weighted by molar-refractivity contribution is -0.139. The quantitative estimate of drug-likeness (QED) is 0.0557. The van der Waals surface area contributed by atoms with Gasteiger partial charge in [-0.05, 0) is 251 Å². The maximum atomic E-state index is 14.8. The highest BCUT2D eigenvalue weighted by atomic mass is 28.4. The van der Waals surface area contributed by atoms with Crippen molar-refractivity contribution in [3.05, 3.63) is 158 Å². The molecular weight excluding hydrogens is 1060 g/mol. The van der Waals surface area contributed by atoms with Crippen LogP contribution in [0.4, 0.5) is 4.39 Å². The number of aryl methyl sites for hydroxylation is 4. The van der Waals surface area contributed by atoms with Crippen LogP contribution in [0.15, 0.2) is 91.0 Å². The smallest absolute Gasteiger partial charge is 0.469 e. The van der Waals surface area contributed by atoms with Crippen molar-refractivity contribution in [2.24, 2.45) is 0 Å². The van der Waals surface area contributed by atoms with Crippen molar-refractivity contribution in [3.63, 3.8) is 0 Å². The first-order valence-corrected chi connectivity index (χ1v) is 37.9. The van der Waals surface area contributed by atoms with E-state index in [1.165, 1.54) is 77.8 Å². The molecule has 8 rings (SSSR count). The molecule has 0 radical (unpaired) electrons. The molecule has 1 saturated heterocycles. The number of hydrogen-bond acceptors (Lipinski definition) is 6. The first-order chi connectivity index (χ1) is 38.9. The van der Waals surface area contributed by atoms with Crippen molar-refractivity contribution in [1.82, 2.24) is 0 Å². The van der Waals surface area contributed by atoms with Crippen molar-refractivity contribution in [2.75, 3.05) is 7.11 Å². The summed E-state index contributed by atoms with van der Waals surface area (Å²) in [4.78, 5) is 11.6. The van der Waals surface area contributed by atoms with E-state index in [1.807, 2.05) is 6.07 Å². The van der Waals surface area contributed by atoms with Gasteiger partial charge in [-0.3, -0.25) is 4.79 Å². The van der Waals surface area contributed by atoms with Crippen molar-refractivity contribution in [2.45, 2.75) is 239 Å². The molecule has 6 nitrogen and oxygen atoms in total. The van der Waals surface area contributed by atoms with E-state index in [0.717, 1.165) is 84.6 Å². The lowest BCUT2D eigenvalue weighted by Gasteiger charge is -2.34. The number of carbonyl (C=O) groups excluding carboxylic acids is 1. The summed E-state index contributed by atoms with van der Waals surface area (Å²) in [6.07, 6.45) is 12.8. The summed E-state index contributed by atoms with van der Waals surface area (Å²) in [6, 6.07) is 32.2. The first-order valence-electron chi connectivity index (χ1n) is 31.0. The minimum atomic E-state index is -1.71. The van der Waals surface area contributed by atoms with Crippen LogP contribution in [0.25, 0.3) is 11.1 Å². The Bertz CT molecular complexity index is 3230. The summed E-state index contributed by atoms with van der Waals surface area (Å²) < 4.78 is 45.6. The van der Waals surface area contributed by atoms with Crippen LogP contribution in [0, 0.1) is 57.2 Å². The summed E-state index contributed by atoms with van der Waals surface area (Å²) in [7, 11) is -2.42. The number of ether oxygens (including phenoxy) is 1. The molecule has 3 fully saturated rings. The fraction of sp³-hybridized carbons (Fsp3) is 0.521. The zero-order valence-electron chi connectivity index (χ0n) is 54.3. The molecule has 1 aliphatic heterocycles. The van der Waals surface area contributed by atoms with Crippen LogP contribution in [0.3, 0.4) is 0 Å². The van der Waals surface area contributed by atoms with Gasteiger partial charge in [0.15, 0.2) is 16.6 Å². The van der Waals surface area contributed by atoms with Gasteiger partial charge in [-0.2, -0.15) is 0 Å². The molecule has 444 valence electrons. The Labute approximate surface area is 503 Å². The average Bonchev–Trinajstić information content (AvgIpc) is 3.15. The topological polar surface area (TPSA) is 63.2 Å². The fourth-order valence-corrected chi connectivity index (χ4v) is 16.0. The van der Waals surface area contributed by atoms with Gasteiger partial charge in [0.05, 0.1) is 24.7 Å². The molecule has 5 aromatic rings. The van der Waals surface area contributed by atoms with Crippen molar-refractivity contribution in [3.8, 4) is 34.8 Å². The Morgan fingerprint density at radius 2 is 0.964 bits per heavy atom. The molecule has 2 saturated carbocycles.